The van der Waals surface area contributed by atoms with Crippen molar-refractivity contribution in [1.82, 2.24) is 0 Å². The Balaban J connectivity index is 1.97. The number of allylic oxidation sites excluding steroid dienone is 2. The Bertz CT molecular complexity index is 1200. The van der Waals surface area contributed by atoms with Crippen LogP contribution < -0.4 is 19.7 Å². The number of anilines is 2. The molecule has 0 unspecified atom stereocenters. The van der Waals surface area contributed by atoms with E-state index in [0.29, 0.717) is 28.4 Å². The van der Waals surface area contributed by atoms with Gasteiger partial charge in [-0.15, -0.1) is 0 Å². The van der Waals surface area contributed by atoms with Crippen LogP contribution >= 0.6 is 0 Å². The number of carbonyl (C=O) groups excluding carboxylic acids is 3. The van der Waals surface area contributed by atoms with E-state index in [-0.39, 0.29) is 17.2 Å². The Hall–Kier alpha value is -4.53. The molecule has 2 aromatic carbocycles. The van der Waals surface area contributed by atoms with E-state index in [4.69, 9.17) is 18.9 Å². The van der Waals surface area contributed by atoms with Gasteiger partial charge in [-0.1, -0.05) is 12.1 Å². The highest BCUT2D eigenvalue weighted by Gasteiger charge is 2.27. The summed E-state index contributed by atoms with van der Waals surface area (Å²) in [4.78, 5) is 39.4. The van der Waals surface area contributed by atoms with Gasteiger partial charge in [0.25, 0.3) is 5.91 Å². The number of hydrogen-bond acceptors (Lipinski definition) is 8. The lowest BCUT2D eigenvalue weighted by molar-refractivity contribution is -0.139. The second-order valence-electron chi connectivity index (χ2n) is 6.89. The summed E-state index contributed by atoms with van der Waals surface area (Å²) in [6, 6.07) is 11.6. The lowest BCUT2D eigenvalue weighted by atomic mass is 10.1. The van der Waals surface area contributed by atoms with Gasteiger partial charge in [0.1, 0.15) is 5.70 Å². The van der Waals surface area contributed by atoms with E-state index in [0.717, 1.165) is 0 Å². The molecule has 1 amide bonds. The molecule has 1 aliphatic heterocycles. The van der Waals surface area contributed by atoms with Gasteiger partial charge < -0.3 is 29.2 Å². The summed E-state index contributed by atoms with van der Waals surface area (Å²) in [6.07, 6.45) is 6.30. The summed E-state index contributed by atoms with van der Waals surface area (Å²) in [5, 5.41) is 2.81. The Morgan fingerprint density at radius 3 is 2.24 bits per heavy atom. The maximum Gasteiger partial charge on any atom is 0.355 e. The molecule has 0 aromatic heterocycles. The molecule has 0 atom stereocenters. The summed E-state index contributed by atoms with van der Waals surface area (Å²) in [6.45, 7) is 0. The number of hydrogen-bond donors (Lipinski definition) is 1. The molecule has 0 radical (unpaired) electrons. The normalized spacial score (nSPS) is 12.6. The highest BCUT2D eigenvalue weighted by atomic mass is 16.5. The minimum Gasteiger partial charge on any atom is -0.493 e. The number of esters is 2. The highest BCUT2D eigenvalue weighted by molar-refractivity contribution is 6.07. The Morgan fingerprint density at radius 2 is 1.56 bits per heavy atom. The molecule has 1 aliphatic rings. The molecule has 0 fully saturated rings. The predicted octanol–water partition coefficient (Wildman–Crippen LogP) is 3.45. The molecule has 0 spiro atoms. The van der Waals surface area contributed by atoms with Gasteiger partial charge in [-0.3, -0.25) is 4.79 Å². The molecule has 0 saturated carbocycles. The van der Waals surface area contributed by atoms with Crippen LogP contribution in [0.4, 0.5) is 11.4 Å². The van der Waals surface area contributed by atoms with E-state index in [1.54, 1.807) is 60.8 Å². The third-order valence-electron chi connectivity index (χ3n) is 4.92. The van der Waals surface area contributed by atoms with Crippen LogP contribution in [-0.4, -0.2) is 46.3 Å². The Morgan fingerprint density at radius 1 is 0.824 bits per heavy atom. The third-order valence-corrected chi connectivity index (χ3v) is 4.92. The molecule has 1 N–H and O–H groups in total. The van der Waals surface area contributed by atoms with Crippen molar-refractivity contribution in [2.75, 3.05) is 38.7 Å². The first-order valence-corrected chi connectivity index (χ1v) is 10.1. The number of ether oxygens (including phenoxy) is 4. The maximum absolute atomic E-state index is 13.0. The van der Waals surface area contributed by atoms with Crippen molar-refractivity contribution in [3.8, 4) is 11.5 Å². The molecule has 34 heavy (non-hydrogen) atoms. The fraction of sp³-hybridized carbons (Fsp3) is 0.160. The summed E-state index contributed by atoms with van der Waals surface area (Å²) in [5.74, 6) is -0.820. The molecule has 9 heteroatoms. The van der Waals surface area contributed by atoms with E-state index in [9.17, 15) is 14.4 Å². The van der Waals surface area contributed by atoms with Crippen LogP contribution in [-0.2, 0) is 19.1 Å². The smallest absolute Gasteiger partial charge is 0.355 e. The summed E-state index contributed by atoms with van der Waals surface area (Å²) < 4.78 is 20.2. The largest absolute Gasteiger partial charge is 0.493 e. The molecular formula is C25H24N2O7. The number of benzene rings is 2. The van der Waals surface area contributed by atoms with Crippen LogP contribution in [0, 0.1) is 0 Å². The van der Waals surface area contributed by atoms with Crippen LogP contribution in [0.2, 0.25) is 0 Å². The molecule has 0 saturated heterocycles. The summed E-state index contributed by atoms with van der Waals surface area (Å²) in [7, 11) is 5.47. The molecule has 0 bridgehead atoms. The van der Waals surface area contributed by atoms with Crippen molar-refractivity contribution in [3.63, 3.8) is 0 Å². The van der Waals surface area contributed by atoms with E-state index < -0.39 is 11.9 Å². The molecule has 3 rings (SSSR count). The zero-order chi connectivity index (χ0) is 24.7. The quantitative estimate of drug-likeness (QED) is 0.622. The van der Waals surface area contributed by atoms with E-state index >= 15 is 0 Å². The Kier molecular flexibility index (Phi) is 7.71. The number of nitrogens with zero attached hydrogens (tertiary/aromatic N) is 1. The molecule has 176 valence electrons. The van der Waals surface area contributed by atoms with Crippen molar-refractivity contribution in [3.05, 3.63) is 83.7 Å². The van der Waals surface area contributed by atoms with Gasteiger partial charge in [-0.2, -0.15) is 0 Å². The fourth-order valence-corrected chi connectivity index (χ4v) is 3.28. The monoisotopic (exact) mass is 464 g/mol. The number of methoxy groups -OCH3 is 4. The molecule has 0 aliphatic carbocycles. The van der Waals surface area contributed by atoms with Crippen molar-refractivity contribution < 1.29 is 33.3 Å². The number of amides is 1. The second kappa shape index (κ2) is 10.9. The van der Waals surface area contributed by atoms with E-state index in [1.807, 2.05) is 0 Å². The molecule has 2 aromatic rings. The zero-order valence-corrected chi connectivity index (χ0v) is 19.2. The predicted molar refractivity (Wildman–Crippen MR) is 126 cm³/mol. The van der Waals surface area contributed by atoms with Gasteiger partial charge in [0, 0.05) is 29.2 Å². The standard InChI is InChI=1S/C25H24N2O7/c1-31-20-12-11-17(15-21(20)32-2)26-23(28)16-8-7-9-18(14-16)27-13-6-5-10-19(24(29)33-3)22(27)25(30)34-4/h5-15H,1-4H3,(H,26,28). The van der Waals surface area contributed by atoms with Crippen molar-refractivity contribution in [1.29, 1.82) is 0 Å². The van der Waals surface area contributed by atoms with Gasteiger partial charge >= 0.3 is 11.9 Å². The Labute approximate surface area is 196 Å². The lowest BCUT2D eigenvalue weighted by Crippen LogP contribution is -2.27. The molecular weight excluding hydrogens is 440 g/mol. The second-order valence-corrected chi connectivity index (χ2v) is 6.89. The molecule has 1 heterocycles. The van der Waals surface area contributed by atoms with Crippen molar-refractivity contribution >= 4 is 29.2 Å². The highest BCUT2D eigenvalue weighted by Crippen LogP contribution is 2.31. The zero-order valence-electron chi connectivity index (χ0n) is 19.2. The fourth-order valence-electron chi connectivity index (χ4n) is 3.28. The van der Waals surface area contributed by atoms with E-state index in [2.05, 4.69) is 5.32 Å². The van der Waals surface area contributed by atoms with Crippen LogP contribution in [0.15, 0.2) is 78.2 Å². The third kappa shape index (κ3) is 5.09. The SMILES string of the molecule is COC(=O)C1=C(C(=O)OC)N(c2cccc(C(=O)Nc3ccc(OC)c(OC)c3)c2)C=CC=C1. The first-order chi connectivity index (χ1) is 16.4. The summed E-state index contributed by atoms with van der Waals surface area (Å²) >= 11 is 0. The topological polar surface area (TPSA) is 103 Å². The number of carbonyl (C=O) groups is 3. The van der Waals surface area contributed by atoms with Gasteiger partial charge in [0.05, 0.1) is 34.0 Å². The average molecular weight is 464 g/mol. The first kappa shape index (κ1) is 24.1. The summed E-state index contributed by atoms with van der Waals surface area (Å²) in [5.41, 5.74) is 1.26. The van der Waals surface area contributed by atoms with Gasteiger partial charge in [0.15, 0.2) is 11.5 Å². The number of rotatable bonds is 7. The van der Waals surface area contributed by atoms with E-state index in [1.165, 1.54) is 39.4 Å². The lowest BCUT2D eigenvalue weighted by Gasteiger charge is -2.23. The minimum absolute atomic E-state index is 0.0135. The molecule has 9 nitrogen and oxygen atoms in total. The first-order valence-electron chi connectivity index (χ1n) is 10.1. The van der Waals surface area contributed by atoms with Crippen LogP contribution in [0.1, 0.15) is 10.4 Å². The van der Waals surface area contributed by atoms with Gasteiger partial charge in [-0.05, 0) is 42.5 Å². The average Bonchev–Trinajstić information content (AvgIpc) is 3.10. The maximum atomic E-state index is 13.0. The van der Waals surface area contributed by atoms with Gasteiger partial charge in [0.2, 0.25) is 0 Å². The van der Waals surface area contributed by atoms with Crippen molar-refractivity contribution in [2.24, 2.45) is 0 Å². The number of nitrogens with one attached hydrogen (secondary N) is 1. The van der Waals surface area contributed by atoms with Crippen LogP contribution in [0.25, 0.3) is 0 Å². The van der Waals surface area contributed by atoms with Crippen molar-refractivity contribution in [2.45, 2.75) is 0 Å². The van der Waals surface area contributed by atoms with Crippen LogP contribution in [0.3, 0.4) is 0 Å². The van der Waals surface area contributed by atoms with Gasteiger partial charge in [-0.25, -0.2) is 9.59 Å². The van der Waals surface area contributed by atoms with Crippen LogP contribution in [0.5, 0.6) is 11.5 Å². The minimum atomic E-state index is -0.739.